The number of rotatable bonds is 6. The Hall–Kier alpha value is -3.35. The zero-order valence-electron chi connectivity index (χ0n) is 16.3. The third-order valence-corrected chi connectivity index (χ3v) is 4.86. The van der Waals surface area contributed by atoms with E-state index in [1.165, 1.54) is 12.1 Å². The van der Waals surface area contributed by atoms with Crippen molar-refractivity contribution in [3.8, 4) is 17.2 Å². The summed E-state index contributed by atoms with van der Waals surface area (Å²) in [7, 11) is 0. The van der Waals surface area contributed by atoms with E-state index in [4.69, 9.17) is 9.47 Å². The molecule has 150 valence electrons. The number of anilines is 1. The number of amides is 1. The van der Waals surface area contributed by atoms with Crippen molar-refractivity contribution < 1.29 is 18.7 Å². The van der Waals surface area contributed by atoms with Gasteiger partial charge in [0, 0.05) is 17.9 Å². The fourth-order valence-corrected chi connectivity index (χ4v) is 3.58. The van der Waals surface area contributed by atoms with Gasteiger partial charge in [0.25, 0.3) is 0 Å². The summed E-state index contributed by atoms with van der Waals surface area (Å²) in [6, 6.07) is 11.7. The average molecular weight is 395 g/mol. The molecule has 4 rings (SSSR count). The van der Waals surface area contributed by atoms with Crippen LogP contribution >= 0.6 is 0 Å². The molecule has 0 radical (unpaired) electrons. The summed E-state index contributed by atoms with van der Waals surface area (Å²) in [4.78, 5) is 12.5. The molecule has 1 amide bonds. The Balaban J connectivity index is 1.75. The van der Waals surface area contributed by atoms with Gasteiger partial charge in [0.2, 0.25) is 5.91 Å². The summed E-state index contributed by atoms with van der Waals surface area (Å²) in [5.74, 6) is 1.35. The minimum atomic E-state index is -0.325. The molecule has 0 saturated heterocycles. The van der Waals surface area contributed by atoms with Crippen molar-refractivity contribution >= 4 is 11.7 Å². The average Bonchev–Trinajstić information content (AvgIpc) is 3.13. The highest BCUT2D eigenvalue weighted by molar-refractivity contribution is 5.94. The number of carbonyl (C=O) groups is 1. The largest absolute Gasteiger partial charge is 0.490 e. The van der Waals surface area contributed by atoms with Crippen LogP contribution in [0.1, 0.15) is 37.3 Å². The van der Waals surface area contributed by atoms with Gasteiger partial charge in [-0.1, -0.05) is 6.07 Å². The smallest absolute Gasteiger partial charge is 0.226 e. The Kier molecular flexibility index (Phi) is 5.20. The maximum Gasteiger partial charge on any atom is 0.226 e. The zero-order valence-corrected chi connectivity index (χ0v) is 16.3. The van der Waals surface area contributed by atoms with Crippen LogP contribution in [-0.4, -0.2) is 28.9 Å². The van der Waals surface area contributed by atoms with Gasteiger partial charge in [-0.3, -0.25) is 4.79 Å². The van der Waals surface area contributed by atoms with E-state index in [9.17, 15) is 9.18 Å². The van der Waals surface area contributed by atoms with Crippen LogP contribution in [0.25, 0.3) is 5.69 Å². The highest BCUT2D eigenvalue weighted by atomic mass is 19.1. The number of aromatic nitrogens is 2. The molecule has 2 heterocycles. The first-order chi connectivity index (χ1) is 14.1. The number of hydrogen-bond donors (Lipinski definition) is 1. The first-order valence-corrected chi connectivity index (χ1v) is 9.64. The van der Waals surface area contributed by atoms with Gasteiger partial charge in [0.05, 0.1) is 25.1 Å². The van der Waals surface area contributed by atoms with Crippen molar-refractivity contribution in [2.45, 2.75) is 26.2 Å². The van der Waals surface area contributed by atoms with Gasteiger partial charge in [-0.15, -0.1) is 0 Å². The van der Waals surface area contributed by atoms with Crippen LogP contribution < -0.4 is 14.8 Å². The predicted molar refractivity (Wildman–Crippen MR) is 107 cm³/mol. The van der Waals surface area contributed by atoms with Crippen molar-refractivity contribution in [3.05, 3.63) is 65.6 Å². The monoisotopic (exact) mass is 395 g/mol. The summed E-state index contributed by atoms with van der Waals surface area (Å²) in [5, 5.41) is 7.34. The quantitative estimate of drug-likeness (QED) is 0.677. The SMILES string of the molecule is CCOc1ccc([C@H]2CC(=O)Nc3c2cnn3-c2ccc(F)cc2)cc1OCC. The molecule has 0 unspecified atom stereocenters. The molecule has 1 N–H and O–H groups in total. The highest BCUT2D eigenvalue weighted by Gasteiger charge is 2.31. The van der Waals surface area contributed by atoms with Crippen molar-refractivity contribution in [3.63, 3.8) is 0 Å². The van der Waals surface area contributed by atoms with E-state index >= 15 is 0 Å². The van der Waals surface area contributed by atoms with Crippen LogP contribution in [-0.2, 0) is 4.79 Å². The standard InChI is InChI=1S/C22H22FN3O3/c1-3-28-19-10-5-14(11-20(19)29-4-2)17-12-21(27)25-22-18(17)13-24-26(22)16-8-6-15(23)7-9-16/h5-11,13,17H,3-4,12H2,1-2H3,(H,25,27)/t17-/m1/s1. The molecule has 6 nitrogen and oxygen atoms in total. The normalized spacial score (nSPS) is 15.6. The Morgan fingerprint density at radius 2 is 1.83 bits per heavy atom. The fourth-order valence-electron chi connectivity index (χ4n) is 3.58. The Bertz CT molecular complexity index is 1030. The molecule has 7 heteroatoms. The molecule has 0 bridgehead atoms. The van der Waals surface area contributed by atoms with Gasteiger partial charge in [-0.25, -0.2) is 9.07 Å². The van der Waals surface area contributed by atoms with E-state index in [0.29, 0.717) is 42.6 Å². The molecule has 0 saturated carbocycles. The van der Waals surface area contributed by atoms with Gasteiger partial charge in [0.15, 0.2) is 11.5 Å². The van der Waals surface area contributed by atoms with Gasteiger partial charge in [-0.05, 0) is 55.8 Å². The molecule has 2 aromatic carbocycles. The molecule has 29 heavy (non-hydrogen) atoms. The molecule has 1 aliphatic heterocycles. The fraction of sp³-hybridized carbons (Fsp3) is 0.273. The lowest BCUT2D eigenvalue weighted by Crippen LogP contribution is -2.24. The minimum Gasteiger partial charge on any atom is -0.490 e. The molecule has 0 fully saturated rings. The second-order valence-corrected chi connectivity index (χ2v) is 6.71. The van der Waals surface area contributed by atoms with E-state index in [0.717, 1.165) is 11.1 Å². The van der Waals surface area contributed by atoms with E-state index in [1.807, 2.05) is 32.0 Å². The van der Waals surface area contributed by atoms with Crippen LogP contribution in [0.5, 0.6) is 11.5 Å². The predicted octanol–water partition coefficient (Wildman–Crippen LogP) is 4.28. The number of hydrogen-bond acceptors (Lipinski definition) is 4. The van der Waals surface area contributed by atoms with E-state index in [1.54, 1.807) is 23.0 Å². The topological polar surface area (TPSA) is 65.4 Å². The summed E-state index contributed by atoms with van der Waals surface area (Å²) < 4.78 is 26.3. The van der Waals surface area contributed by atoms with Gasteiger partial charge < -0.3 is 14.8 Å². The third-order valence-electron chi connectivity index (χ3n) is 4.86. The van der Waals surface area contributed by atoms with Crippen molar-refractivity contribution in [2.75, 3.05) is 18.5 Å². The number of nitrogens with one attached hydrogen (secondary N) is 1. The van der Waals surface area contributed by atoms with E-state index in [2.05, 4.69) is 10.4 Å². The summed E-state index contributed by atoms with van der Waals surface area (Å²) >= 11 is 0. The van der Waals surface area contributed by atoms with Gasteiger partial charge in [-0.2, -0.15) is 5.10 Å². The van der Waals surface area contributed by atoms with Gasteiger partial charge >= 0.3 is 0 Å². The number of fused-ring (bicyclic) bond motifs is 1. The van der Waals surface area contributed by atoms with Crippen molar-refractivity contribution in [1.82, 2.24) is 9.78 Å². The Morgan fingerprint density at radius 1 is 1.10 bits per heavy atom. The summed E-state index contributed by atoms with van der Waals surface area (Å²) in [6.07, 6.45) is 2.06. The molecule has 3 aromatic rings. The van der Waals surface area contributed by atoms with Gasteiger partial charge in [0.1, 0.15) is 11.6 Å². The zero-order chi connectivity index (χ0) is 20.4. The maximum absolute atomic E-state index is 13.3. The lowest BCUT2D eigenvalue weighted by molar-refractivity contribution is -0.116. The number of ether oxygens (including phenoxy) is 2. The maximum atomic E-state index is 13.3. The van der Waals surface area contributed by atoms with Crippen LogP contribution in [0.15, 0.2) is 48.7 Å². The second-order valence-electron chi connectivity index (χ2n) is 6.71. The molecular weight excluding hydrogens is 373 g/mol. The van der Waals surface area contributed by atoms with Crippen LogP contribution in [0, 0.1) is 5.82 Å². The molecule has 0 aliphatic carbocycles. The molecule has 1 atom stereocenters. The molecular formula is C22H22FN3O3. The Morgan fingerprint density at radius 3 is 2.55 bits per heavy atom. The number of carbonyl (C=O) groups excluding carboxylic acids is 1. The summed E-state index contributed by atoms with van der Waals surface area (Å²) in [5.41, 5.74) is 2.53. The molecule has 0 spiro atoms. The van der Waals surface area contributed by atoms with E-state index in [-0.39, 0.29) is 17.6 Å². The lowest BCUT2D eigenvalue weighted by Gasteiger charge is -2.24. The highest BCUT2D eigenvalue weighted by Crippen LogP contribution is 2.40. The Labute approximate surface area is 168 Å². The minimum absolute atomic E-state index is 0.0989. The first-order valence-electron chi connectivity index (χ1n) is 9.64. The molecule has 1 aromatic heterocycles. The summed E-state index contributed by atoms with van der Waals surface area (Å²) in [6.45, 7) is 4.90. The first kappa shape index (κ1) is 19.0. The van der Waals surface area contributed by atoms with Crippen LogP contribution in [0.4, 0.5) is 10.2 Å². The van der Waals surface area contributed by atoms with Crippen LogP contribution in [0.2, 0.25) is 0 Å². The number of halogens is 1. The lowest BCUT2D eigenvalue weighted by atomic mass is 9.87. The second kappa shape index (κ2) is 7.95. The van der Waals surface area contributed by atoms with Crippen molar-refractivity contribution in [1.29, 1.82) is 0 Å². The molecule has 1 aliphatic rings. The number of benzene rings is 2. The van der Waals surface area contributed by atoms with Crippen molar-refractivity contribution in [2.24, 2.45) is 0 Å². The van der Waals surface area contributed by atoms with Crippen LogP contribution in [0.3, 0.4) is 0 Å². The third kappa shape index (κ3) is 3.68. The van der Waals surface area contributed by atoms with E-state index < -0.39 is 0 Å². The number of nitrogens with zero attached hydrogens (tertiary/aromatic N) is 2.